The van der Waals surface area contributed by atoms with Crippen LogP contribution in [0, 0.1) is 12.8 Å². The Bertz CT molecular complexity index is 1180. The van der Waals surface area contributed by atoms with Crippen LogP contribution in [0.4, 0.5) is 0 Å². The number of amidine groups is 1. The highest BCUT2D eigenvalue weighted by molar-refractivity contribution is 7.90. The van der Waals surface area contributed by atoms with E-state index in [0.717, 1.165) is 5.56 Å². The summed E-state index contributed by atoms with van der Waals surface area (Å²) in [4.78, 5) is 28.2. The first-order chi connectivity index (χ1) is 16.6. The topological polar surface area (TPSA) is 133 Å². The summed E-state index contributed by atoms with van der Waals surface area (Å²) in [5, 5.41) is 13.1. The molecule has 2 atom stereocenters. The summed E-state index contributed by atoms with van der Waals surface area (Å²) in [7, 11) is -4.47. The molecule has 0 aliphatic carbocycles. The number of benzene rings is 2. The minimum atomic E-state index is -4.47. The van der Waals surface area contributed by atoms with E-state index in [1.165, 1.54) is 29.2 Å². The molecule has 188 valence electrons. The monoisotopic (exact) mass is 500 g/mol. The molecule has 1 saturated heterocycles. The molecule has 1 fully saturated rings. The van der Waals surface area contributed by atoms with Crippen molar-refractivity contribution in [1.29, 1.82) is 0 Å². The standard InChI is InChI=1S/C25H32N4O5S/c1-17(2)16-21(26)24(30)28-15-7-10-22(28)25(31)29(35(33,34)20-8-5-4-6-9-20)23(27-32)19-13-11-18(3)12-14-19/h4-6,8-9,11-14,17,21-22,32H,7,10,15-16,26H2,1-3H3/t21?,22-/m0/s1. The van der Waals surface area contributed by atoms with Gasteiger partial charge in [-0.15, -0.1) is 0 Å². The molecule has 9 nitrogen and oxygen atoms in total. The highest BCUT2D eigenvalue weighted by atomic mass is 32.2. The van der Waals surface area contributed by atoms with Crippen molar-refractivity contribution in [2.75, 3.05) is 6.54 Å². The summed E-state index contributed by atoms with van der Waals surface area (Å²) in [6.45, 7) is 6.03. The third-order valence-electron chi connectivity index (χ3n) is 5.94. The molecule has 1 unspecified atom stereocenters. The van der Waals surface area contributed by atoms with E-state index < -0.39 is 39.8 Å². The van der Waals surface area contributed by atoms with Gasteiger partial charge in [-0.2, -0.15) is 4.31 Å². The number of nitrogens with zero attached hydrogens (tertiary/aromatic N) is 3. The smallest absolute Gasteiger partial charge is 0.272 e. The van der Waals surface area contributed by atoms with E-state index in [1.54, 1.807) is 30.3 Å². The van der Waals surface area contributed by atoms with Crippen molar-refractivity contribution in [1.82, 2.24) is 9.21 Å². The fraction of sp³-hybridized carbons (Fsp3) is 0.400. The van der Waals surface area contributed by atoms with Crippen LogP contribution in [0.5, 0.6) is 0 Å². The lowest BCUT2D eigenvalue weighted by atomic mass is 10.0. The Morgan fingerprint density at radius 1 is 1.14 bits per heavy atom. The number of carbonyl (C=O) groups excluding carboxylic acids is 2. The van der Waals surface area contributed by atoms with Crippen molar-refractivity contribution >= 4 is 27.7 Å². The maximum absolute atomic E-state index is 13.9. The number of aryl methyl sites for hydroxylation is 1. The summed E-state index contributed by atoms with van der Waals surface area (Å²) in [5.41, 5.74) is 7.25. The van der Waals surface area contributed by atoms with Crippen LogP contribution in [0.2, 0.25) is 0 Å². The second-order valence-corrected chi connectivity index (χ2v) is 10.9. The van der Waals surface area contributed by atoms with Gasteiger partial charge in [0, 0.05) is 12.1 Å². The van der Waals surface area contributed by atoms with Gasteiger partial charge in [-0.05, 0) is 44.2 Å². The molecular formula is C25H32N4O5S. The van der Waals surface area contributed by atoms with E-state index in [0.29, 0.717) is 17.1 Å². The quantitative estimate of drug-likeness (QED) is 0.260. The van der Waals surface area contributed by atoms with Crippen molar-refractivity contribution < 1.29 is 23.2 Å². The molecule has 0 spiro atoms. The minimum absolute atomic E-state index is 0.144. The van der Waals surface area contributed by atoms with Crippen molar-refractivity contribution in [2.24, 2.45) is 16.8 Å². The Morgan fingerprint density at radius 3 is 2.34 bits per heavy atom. The molecule has 0 bridgehead atoms. The van der Waals surface area contributed by atoms with Gasteiger partial charge in [0.15, 0.2) is 5.84 Å². The molecular weight excluding hydrogens is 468 g/mol. The number of oxime groups is 1. The number of likely N-dealkylation sites (tertiary alicyclic amines) is 1. The van der Waals surface area contributed by atoms with Crippen LogP contribution in [0.25, 0.3) is 0 Å². The first-order valence-electron chi connectivity index (χ1n) is 11.6. The third-order valence-corrected chi connectivity index (χ3v) is 7.64. The Labute approximate surface area is 206 Å². The van der Waals surface area contributed by atoms with Crippen LogP contribution in [0.15, 0.2) is 64.6 Å². The molecule has 1 heterocycles. The molecule has 2 aromatic rings. The number of amides is 2. The zero-order valence-corrected chi connectivity index (χ0v) is 21.0. The number of hydrogen-bond acceptors (Lipinski definition) is 7. The highest BCUT2D eigenvalue weighted by Crippen LogP contribution is 2.27. The number of rotatable bonds is 7. The molecule has 2 amide bonds. The lowest BCUT2D eigenvalue weighted by Crippen LogP contribution is -2.54. The highest BCUT2D eigenvalue weighted by Gasteiger charge is 2.44. The second-order valence-electron chi connectivity index (χ2n) is 9.14. The summed E-state index contributed by atoms with van der Waals surface area (Å²) in [6, 6.07) is 12.2. The van der Waals surface area contributed by atoms with Gasteiger partial charge in [0.2, 0.25) is 5.91 Å². The second kappa shape index (κ2) is 11.0. The summed E-state index contributed by atoms with van der Waals surface area (Å²) in [6.07, 6.45) is 1.23. The lowest BCUT2D eigenvalue weighted by Gasteiger charge is -2.31. The van der Waals surface area contributed by atoms with Gasteiger partial charge in [0.25, 0.3) is 15.9 Å². The maximum atomic E-state index is 13.9. The molecule has 0 saturated carbocycles. The van der Waals surface area contributed by atoms with E-state index in [9.17, 15) is 23.2 Å². The van der Waals surface area contributed by atoms with Crippen molar-refractivity contribution in [2.45, 2.75) is 57.0 Å². The van der Waals surface area contributed by atoms with E-state index in [-0.39, 0.29) is 29.3 Å². The first kappa shape index (κ1) is 26.4. The predicted molar refractivity (Wildman–Crippen MR) is 132 cm³/mol. The zero-order chi connectivity index (χ0) is 25.8. The van der Waals surface area contributed by atoms with Gasteiger partial charge < -0.3 is 15.8 Å². The molecule has 10 heteroatoms. The van der Waals surface area contributed by atoms with E-state index in [4.69, 9.17) is 5.73 Å². The predicted octanol–water partition coefficient (Wildman–Crippen LogP) is 2.71. The largest absolute Gasteiger partial charge is 0.409 e. The van der Waals surface area contributed by atoms with Crippen molar-refractivity contribution in [3.63, 3.8) is 0 Å². The fourth-order valence-corrected chi connectivity index (χ4v) is 5.64. The molecule has 3 rings (SSSR count). The number of hydrogen-bond donors (Lipinski definition) is 2. The van der Waals surface area contributed by atoms with Crippen LogP contribution in [0.3, 0.4) is 0 Å². The molecule has 35 heavy (non-hydrogen) atoms. The zero-order valence-electron chi connectivity index (χ0n) is 20.2. The van der Waals surface area contributed by atoms with Crippen LogP contribution >= 0.6 is 0 Å². The van der Waals surface area contributed by atoms with Crippen LogP contribution in [-0.4, -0.2) is 59.1 Å². The van der Waals surface area contributed by atoms with Gasteiger partial charge in [-0.1, -0.05) is 67.0 Å². The average Bonchev–Trinajstić information content (AvgIpc) is 3.32. The molecule has 1 aliphatic heterocycles. The Morgan fingerprint density at radius 2 is 1.77 bits per heavy atom. The number of carbonyl (C=O) groups is 2. The molecule has 0 aromatic heterocycles. The van der Waals surface area contributed by atoms with E-state index in [1.807, 2.05) is 20.8 Å². The Balaban J connectivity index is 2.07. The summed E-state index contributed by atoms with van der Waals surface area (Å²) >= 11 is 0. The van der Waals surface area contributed by atoms with Gasteiger partial charge in [-0.3, -0.25) is 9.59 Å². The van der Waals surface area contributed by atoms with E-state index >= 15 is 0 Å². The van der Waals surface area contributed by atoms with E-state index in [2.05, 4.69) is 5.16 Å². The van der Waals surface area contributed by atoms with Crippen LogP contribution in [-0.2, 0) is 19.6 Å². The normalized spacial score (nSPS) is 17.5. The first-order valence-corrected chi connectivity index (χ1v) is 13.0. The van der Waals surface area contributed by atoms with Gasteiger partial charge in [0.05, 0.1) is 10.9 Å². The van der Waals surface area contributed by atoms with Crippen molar-refractivity contribution in [3.8, 4) is 0 Å². The Kier molecular flexibility index (Phi) is 8.29. The summed E-state index contributed by atoms with van der Waals surface area (Å²) in [5.74, 6) is -1.53. The Hall–Kier alpha value is -3.24. The average molecular weight is 501 g/mol. The fourth-order valence-electron chi connectivity index (χ4n) is 4.20. The van der Waals surface area contributed by atoms with Gasteiger partial charge in [-0.25, -0.2) is 8.42 Å². The number of nitrogens with two attached hydrogens (primary N) is 1. The molecule has 0 radical (unpaired) electrons. The maximum Gasteiger partial charge on any atom is 0.272 e. The van der Waals surface area contributed by atoms with Gasteiger partial charge in [0.1, 0.15) is 6.04 Å². The van der Waals surface area contributed by atoms with Gasteiger partial charge >= 0.3 is 0 Å². The lowest BCUT2D eigenvalue weighted by molar-refractivity contribution is -0.140. The minimum Gasteiger partial charge on any atom is -0.409 e. The van der Waals surface area contributed by atoms with Crippen LogP contribution < -0.4 is 5.73 Å². The number of sulfonamides is 1. The molecule has 2 aromatic carbocycles. The SMILES string of the molecule is Cc1ccc(C(=NO)N(C(=O)[C@@H]2CCCN2C(=O)C(N)CC(C)C)S(=O)(=O)c2ccccc2)cc1. The molecule has 3 N–H and O–H groups in total. The summed E-state index contributed by atoms with van der Waals surface area (Å²) < 4.78 is 27.9. The third kappa shape index (κ3) is 5.71. The molecule has 1 aliphatic rings. The van der Waals surface area contributed by atoms with Crippen LogP contribution in [0.1, 0.15) is 44.2 Å². The van der Waals surface area contributed by atoms with Crippen molar-refractivity contribution in [3.05, 3.63) is 65.7 Å².